The van der Waals surface area contributed by atoms with Gasteiger partial charge in [-0.25, -0.2) is 8.42 Å². The Morgan fingerprint density at radius 2 is 1.71 bits per heavy atom. The molecule has 1 aliphatic rings. The Balaban J connectivity index is 1.72. The van der Waals surface area contributed by atoms with E-state index < -0.39 is 10.0 Å². The first-order chi connectivity index (χ1) is 11.7. The van der Waals surface area contributed by atoms with Gasteiger partial charge in [0.2, 0.25) is 10.0 Å². The van der Waals surface area contributed by atoms with Crippen molar-refractivity contribution in [3.63, 3.8) is 0 Å². The van der Waals surface area contributed by atoms with Gasteiger partial charge in [0, 0.05) is 32.4 Å². The van der Waals surface area contributed by atoms with Crippen molar-refractivity contribution in [1.82, 2.24) is 14.6 Å². The second kappa shape index (κ2) is 7.88. The molecule has 1 aliphatic heterocycles. The molecule has 2 aromatic rings. The topological polar surface area (TPSA) is 62.3 Å². The molecular weight excluding hydrogens is 322 g/mol. The molecule has 24 heavy (non-hydrogen) atoms. The molecule has 0 unspecified atom stereocenters. The largest absolute Gasteiger partial charge is 0.307 e. The van der Waals surface area contributed by atoms with Crippen LogP contribution in [0.5, 0.6) is 0 Å². The second-order valence-electron chi connectivity index (χ2n) is 6.00. The van der Waals surface area contributed by atoms with Crippen LogP contribution in [-0.2, 0) is 23.1 Å². The number of piperidine rings is 1. The third-order valence-electron chi connectivity index (χ3n) is 4.25. The predicted octanol–water partition coefficient (Wildman–Crippen LogP) is 2.55. The molecule has 5 nitrogen and oxygen atoms in total. The van der Waals surface area contributed by atoms with Crippen molar-refractivity contribution in [3.8, 4) is 0 Å². The fourth-order valence-electron chi connectivity index (χ4n) is 2.97. The van der Waals surface area contributed by atoms with Crippen LogP contribution < -0.4 is 5.32 Å². The molecule has 0 amide bonds. The van der Waals surface area contributed by atoms with Crippen LogP contribution in [0.3, 0.4) is 0 Å². The molecule has 0 bridgehead atoms. The fourth-order valence-corrected chi connectivity index (χ4v) is 4.71. The van der Waals surface area contributed by atoms with E-state index in [1.54, 1.807) is 22.6 Å². The number of rotatable bonds is 6. The molecule has 128 valence electrons. The van der Waals surface area contributed by atoms with Gasteiger partial charge in [-0.3, -0.25) is 4.98 Å². The van der Waals surface area contributed by atoms with E-state index in [1.165, 1.54) is 0 Å². The van der Waals surface area contributed by atoms with E-state index in [2.05, 4.69) is 10.3 Å². The van der Waals surface area contributed by atoms with Gasteiger partial charge >= 0.3 is 0 Å². The number of hydrogen-bond donors (Lipinski definition) is 1. The van der Waals surface area contributed by atoms with E-state index in [1.807, 2.05) is 30.3 Å². The molecule has 0 aliphatic carbocycles. The number of benzene rings is 1. The fraction of sp³-hybridized carbons (Fsp3) is 0.389. The molecule has 0 radical (unpaired) electrons. The van der Waals surface area contributed by atoms with Crippen molar-refractivity contribution in [2.45, 2.75) is 37.2 Å². The molecule has 0 atom stereocenters. The molecule has 6 heteroatoms. The summed E-state index contributed by atoms with van der Waals surface area (Å²) in [4.78, 5) is 4.68. The smallest absolute Gasteiger partial charge is 0.243 e. The molecule has 1 N–H and O–H groups in total. The quantitative estimate of drug-likeness (QED) is 0.874. The van der Waals surface area contributed by atoms with Crippen LogP contribution in [0.15, 0.2) is 53.6 Å². The Kier molecular flexibility index (Phi) is 5.60. The van der Waals surface area contributed by atoms with E-state index in [4.69, 9.17) is 0 Å². The lowest BCUT2D eigenvalue weighted by Gasteiger charge is -2.26. The van der Waals surface area contributed by atoms with E-state index in [9.17, 15) is 8.42 Å². The second-order valence-corrected chi connectivity index (χ2v) is 7.90. The summed E-state index contributed by atoms with van der Waals surface area (Å²) in [5.41, 5.74) is 1.74. The zero-order valence-electron chi connectivity index (χ0n) is 13.7. The number of aromatic nitrogens is 1. The van der Waals surface area contributed by atoms with Gasteiger partial charge in [0.05, 0.1) is 10.6 Å². The summed E-state index contributed by atoms with van der Waals surface area (Å²) in [5, 5.41) is 3.29. The summed E-state index contributed by atoms with van der Waals surface area (Å²) in [6.07, 6.45) is 4.75. The van der Waals surface area contributed by atoms with Crippen molar-refractivity contribution in [1.29, 1.82) is 0 Å². The molecule has 3 rings (SSSR count). The van der Waals surface area contributed by atoms with E-state index in [0.29, 0.717) is 31.1 Å². The number of nitrogens with one attached hydrogen (secondary N) is 1. The Hall–Kier alpha value is -1.76. The highest BCUT2D eigenvalue weighted by Gasteiger charge is 2.27. The standard InChI is InChI=1S/C18H23N3O2S/c22-24(23,21-12-6-1-7-13-21)18-10-3-2-8-16(18)14-19-15-17-9-4-5-11-20-17/h2-5,8-11,19H,1,6-7,12-15H2. The van der Waals surface area contributed by atoms with Gasteiger partial charge in [-0.1, -0.05) is 30.7 Å². The van der Waals surface area contributed by atoms with Crippen molar-refractivity contribution in [2.75, 3.05) is 13.1 Å². The van der Waals surface area contributed by atoms with Crippen LogP contribution >= 0.6 is 0 Å². The monoisotopic (exact) mass is 345 g/mol. The Bertz CT molecular complexity index is 757. The highest BCUT2D eigenvalue weighted by Crippen LogP contribution is 2.23. The summed E-state index contributed by atoms with van der Waals surface area (Å²) < 4.78 is 27.5. The van der Waals surface area contributed by atoms with Crippen molar-refractivity contribution in [3.05, 3.63) is 59.9 Å². The third kappa shape index (κ3) is 4.01. The van der Waals surface area contributed by atoms with Crippen LogP contribution in [0.25, 0.3) is 0 Å². The van der Waals surface area contributed by atoms with Gasteiger partial charge in [0.25, 0.3) is 0 Å². The zero-order valence-corrected chi connectivity index (χ0v) is 14.5. The average molecular weight is 345 g/mol. The van der Waals surface area contributed by atoms with E-state index >= 15 is 0 Å². The summed E-state index contributed by atoms with van der Waals surface area (Å²) in [7, 11) is -3.41. The predicted molar refractivity (Wildman–Crippen MR) is 93.8 cm³/mol. The highest BCUT2D eigenvalue weighted by molar-refractivity contribution is 7.89. The Labute approximate surface area is 143 Å². The summed E-state index contributed by atoms with van der Waals surface area (Å²) >= 11 is 0. The first kappa shape index (κ1) is 17.1. The van der Waals surface area contributed by atoms with Crippen LogP contribution in [0.2, 0.25) is 0 Å². The van der Waals surface area contributed by atoms with E-state index in [-0.39, 0.29) is 0 Å². The van der Waals surface area contributed by atoms with Crippen LogP contribution in [0, 0.1) is 0 Å². The maximum atomic E-state index is 12.9. The van der Waals surface area contributed by atoms with E-state index in [0.717, 1.165) is 30.5 Å². The SMILES string of the molecule is O=S(=O)(c1ccccc1CNCc1ccccn1)N1CCCCC1. The lowest BCUT2D eigenvalue weighted by atomic mass is 10.2. The molecule has 1 aromatic carbocycles. The minimum Gasteiger partial charge on any atom is -0.307 e. The zero-order chi connectivity index (χ0) is 16.8. The summed E-state index contributed by atoms with van der Waals surface area (Å²) in [6.45, 7) is 2.36. The average Bonchev–Trinajstić information content (AvgIpc) is 2.64. The molecular formula is C18H23N3O2S. The lowest BCUT2D eigenvalue weighted by molar-refractivity contribution is 0.346. The Morgan fingerprint density at radius 1 is 0.958 bits per heavy atom. The minimum absolute atomic E-state index is 0.417. The minimum atomic E-state index is -3.41. The highest BCUT2D eigenvalue weighted by atomic mass is 32.2. The normalized spacial score (nSPS) is 16.2. The van der Waals surface area contributed by atoms with Crippen molar-refractivity contribution in [2.24, 2.45) is 0 Å². The van der Waals surface area contributed by atoms with Gasteiger partial charge in [0.1, 0.15) is 0 Å². The van der Waals surface area contributed by atoms with Gasteiger partial charge < -0.3 is 5.32 Å². The van der Waals surface area contributed by atoms with Gasteiger partial charge in [-0.2, -0.15) is 4.31 Å². The van der Waals surface area contributed by atoms with Gasteiger partial charge in [-0.05, 0) is 36.6 Å². The Morgan fingerprint density at radius 3 is 2.46 bits per heavy atom. The van der Waals surface area contributed by atoms with Gasteiger partial charge in [-0.15, -0.1) is 0 Å². The first-order valence-electron chi connectivity index (χ1n) is 8.36. The number of pyridine rings is 1. The van der Waals surface area contributed by atoms with Crippen LogP contribution in [0.1, 0.15) is 30.5 Å². The van der Waals surface area contributed by atoms with Crippen LogP contribution in [-0.4, -0.2) is 30.8 Å². The molecule has 0 saturated carbocycles. The first-order valence-corrected chi connectivity index (χ1v) is 9.80. The summed E-state index contributed by atoms with van der Waals surface area (Å²) in [6, 6.07) is 13.0. The maximum absolute atomic E-state index is 12.9. The summed E-state index contributed by atoms with van der Waals surface area (Å²) in [5.74, 6) is 0. The van der Waals surface area contributed by atoms with Gasteiger partial charge in [0.15, 0.2) is 0 Å². The maximum Gasteiger partial charge on any atom is 0.243 e. The number of hydrogen-bond acceptors (Lipinski definition) is 4. The van der Waals surface area contributed by atoms with Crippen molar-refractivity contribution >= 4 is 10.0 Å². The van der Waals surface area contributed by atoms with Crippen molar-refractivity contribution < 1.29 is 8.42 Å². The third-order valence-corrected chi connectivity index (χ3v) is 6.25. The van der Waals surface area contributed by atoms with Crippen LogP contribution in [0.4, 0.5) is 0 Å². The molecule has 1 aromatic heterocycles. The molecule has 2 heterocycles. The molecule has 0 spiro atoms. The molecule has 1 fully saturated rings. The molecule has 1 saturated heterocycles. The number of sulfonamides is 1. The lowest BCUT2D eigenvalue weighted by Crippen LogP contribution is -2.36. The number of nitrogens with zero attached hydrogens (tertiary/aromatic N) is 2.